The molecule has 3 rings (SSSR count). The van der Waals surface area contributed by atoms with Crippen LogP contribution in [-0.2, 0) is 11.3 Å². The Balaban J connectivity index is 1.47. The van der Waals surface area contributed by atoms with E-state index < -0.39 is 0 Å². The number of nitrogens with one attached hydrogen (secondary N) is 2. The second kappa shape index (κ2) is 8.81. The van der Waals surface area contributed by atoms with Crippen molar-refractivity contribution >= 4 is 29.1 Å². The summed E-state index contributed by atoms with van der Waals surface area (Å²) >= 11 is 1.66. The lowest BCUT2D eigenvalue weighted by atomic mass is 10.3. The second-order valence-electron chi connectivity index (χ2n) is 6.10. The summed E-state index contributed by atoms with van der Waals surface area (Å²) in [6.45, 7) is 6.14. The minimum absolute atomic E-state index is 0.0333. The number of nitrogens with zero attached hydrogens (tertiary/aromatic N) is 4. The molecular weight excluding hydrogens is 352 g/mol. The zero-order chi connectivity index (χ0) is 18.4. The van der Waals surface area contributed by atoms with Crippen molar-refractivity contribution in [3.05, 3.63) is 34.7 Å². The first-order valence-corrected chi connectivity index (χ1v) is 9.63. The van der Waals surface area contributed by atoms with Gasteiger partial charge in [-0.1, -0.05) is 6.07 Å². The smallest absolute Gasteiger partial charge is 0.317 e. The lowest BCUT2D eigenvalue weighted by Gasteiger charge is -2.34. The molecule has 8 nitrogen and oxygen atoms in total. The second-order valence-corrected chi connectivity index (χ2v) is 7.13. The van der Waals surface area contributed by atoms with Gasteiger partial charge in [0.2, 0.25) is 5.91 Å². The van der Waals surface area contributed by atoms with Crippen LogP contribution in [-0.4, -0.2) is 70.8 Å². The molecule has 0 saturated carbocycles. The number of hydrogen-bond acceptors (Lipinski definition) is 5. The third-order valence-electron chi connectivity index (χ3n) is 4.22. The Hall–Kier alpha value is -2.39. The predicted molar refractivity (Wildman–Crippen MR) is 101 cm³/mol. The zero-order valence-electron chi connectivity index (χ0n) is 14.9. The van der Waals surface area contributed by atoms with E-state index in [2.05, 4.69) is 20.6 Å². The Morgan fingerprint density at radius 2 is 2.04 bits per heavy atom. The Bertz CT molecular complexity index is 721. The highest BCUT2D eigenvalue weighted by Crippen LogP contribution is 2.14. The van der Waals surface area contributed by atoms with Crippen molar-refractivity contribution in [3.63, 3.8) is 0 Å². The minimum atomic E-state index is -0.0654. The van der Waals surface area contributed by atoms with Gasteiger partial charge in [0, 0.05) is 43.7 Å². The molecule has 2 aromatic rings. The predicted octanol–water partition coefficient (Wildman–Crippen LogP) is 1.28. The van der Waals surface area contributed by atoms with Gasteiger partial charge in [0.1, 0.15) is 5.82 Å². The summed E-state index contributed by atoms with van der Waals surface area (Å²) < 4.78 is 1.79. The van der Waals surface area contributed by atoms with E-state index in [-0.39, 0.29) is 11.9 Å². The first-order chi connectivity index (χ1) is 12.7. The maximum atomic E-state index is 12.4. The standard InChI is InChI=1S/C17H24N6O2S/c1-2-18-17(25)22-9-7-21(8-10-22)13-16(24)20-15-5-6-19-23(15)12-14-4-3-11-26-14/h3-6,11H,2,7-10,12-13H2,1H3,(H,18,25)(H,20,24). The van der Waals surface area contributed by atoms with E-state index in [1.54, 1.807) is 33.2 Å². The summed E-state index contributed by atoms with van der Waals surface area (Å²) in [5, 5.41) is 12.0. The summed E-state index contributed by atoms with van der Waals surface area (Å²) in [5.41, 5.74) is 0. The molecule has 1 saturated heterocycles. The van der Waals surface area contributed by atoms with Crippen molar-refractivity contribution in [2.75, 3.05) is 44.6 Å². The molecule has 3 amide bonds. The van der Waals surface area contributed by atoms with Crippen LogP contribution < -0.4 is 10.6 Å². The molecule has 140 valence electrons. The Labute approximate surface area is 156 Å². The van der Waals surface area contributed by atoms with Gasteiger partial charge < -0.3 is 15.5 Å². The van der Waals surface area contributed by atoms with Crippen LogP contribution >= 0.6 is 11.3 Å². The number of anilines is 1. The van der Waals surface area contributed by atoms with Crippen molar-refractivity contribution in [2.45, 2.75) is 13.5 Å². The first kappa shape index (κ1) is 18.4. The molecule has 0 spiro atoms. The quantitative estimate of drug-likeness (QED) is 0.796. The van der Waals surface area contributed by atoms with E-state index in [9.17, 15) is 9.59 Å². The highest BCUT2D eigenvalue weighted by Gasteiger charge is 2.22. The maximum Gasteiger partial charge on any atom is 0.317 e. The van der Waals surface area contributed by atoms with Gasteiger partial charge in [-0.05, 0) is 18.4 Å². The molecule has 0 radical (unpaired) electrons. The van der Waals surface area contributed by atoms with Crippen molar-refractivity contribution < 1.29 is 9.59 Å². The van der Waals surface area contributed by atoms with Crippen LogP contribution in [0.25, 0.3) is 0 Å². The summed E-state index contributed by atoms with van der Waals surface area (Å²) in [6, 6.07) is 5.82. The maximum absolute atomic E-state index is 12.4. The van der Waals surface area contributed by atoms with E-state index in [0.29, 0.717) is 51.6 Å². The van der Waals surface area contributed by atoms with Crippen LogP contribution in [0.2, 0.25) is 0 Å². The number of carbonyl (C=O) groups is 2. The normalized spacial score (nSPS) is 15.0. The van der Waals surface area contributed by atoms with Gasteiger partial charge in [0.25, 0.3) is 0 Å². The van der Waals surface area contributed by atoms with Gasteiger partial charge in [0.15, 0.2) is 0 Å². The SMILES string of the molecule is CCNC(=O)N1CCN(CC(=O)Nc2ccnn2Cc2cccs2)CC1. The molecule has 2 N–H and O–H groups in total. The molecular formula is C17H24N6O2S. The number of thiophene rings is 1. The molecule has 3 heterocycles. The fourth-order valence-corrected chi connectivity index (χ4v) is 3.56. The van der Waals surface area contributed by atoms with Gasteiger partial charge in [-0.15, -0.1) is 11.3 Å². The number of aromatic nitrogens is 2. The zero-order valence-corrected chi connectivity index (χ0v) is 15.7. The molecule has 0 atom stereocenters. The van der Waals surface area contributed by atoms with E-state index in [1.807, 2.05) is 24.4 Å². The van der Waals surface area contributed by atoms with Crippen LogP contribution in [0.3, 0.4) is 0 Å². The molecule has 1 aliphatic rings. The number of carbonyl (C=O) groups excluding carboxylic acids is 2. The van der Waals surface area contributed by atoms with Gasteiger partial charge in [-0.2, -0.15) is 5.10 Å². The molecule has 2 aromatic heterocycles. The third kappa shape index (κ3) is 4.83. The molecule has 9 heteroatoms. The summed E-state index contributed by atoms with van der Waals surface area (Å²) in [7, 11) is 0. The molecule has 0 unspecified atom stereocenters. The van der Waals surface area contributed by atoms with E-state index in [1.165, 1.54) is 4.88 Å². The minimum Gasteiger partial charge on any atom is -0.338 e. The summed E-state index contributed by atoms with van der Waals surface area (Å²) in [5.74, 6) is 0.633. The largest absolute Gasteiger partial charge is 0.338 e. The van der Waals surface area contributed by atoms with E-state index >= 15 is 0 Å². The molecule has 26 heavy (non-hydrogen) atoms. The number of amides is 3. The van der Waals surface area contributed by atoms with Crippen molar-refractivity contribution in [1.29, 1.82) is 0 Å². The lowest BCUT2D eigenvalue weighted by Crippen LogP contribution is -2.53. The Morgan fingerprint density at radius 1 is 1.23 bits per heavy atom. The Morgan fingerprint density at radius 3 is 2.73 bits per heavy atom. The van der Waals surface area contributed by atoms with Crippen molar-refractivity contribution in [1.82, 2.24) is 24.9 Å². The van der Waals surface area contributed by atoms with E-state index in [4.69, 9.17) is 0 Å². The van der Waals surface area contributed by atoms with Crippen LogP contribution in [0, 0.1) is 0 Å². The fourth-order valence-electron chi connectivity index (χ4n) is 2.87. The van der Waals surface area contributed by atoms with Gasteiger partial charge in [-0.25, -0.2) is 9.48 Å². The van der Waals surface area contributed by atoms with Crippen molar-refractivity contribution in [3.8, 4) is 0 Å². The summed E-state index contributed by atoms with van der Waals surface area (Å²) in [6.07, 6.45) is 1.69. The first-order valence-electron chi connectivity index (χ1n) is 8.75. The van der Waals surface area contributed by atoms with Crippen molar-refractivity contribution in [2.24, 2.45) is 0 Å². The average Bonchev–Trinajstić information content (AvgIpc) is 3.29. The molecule has 1 fully saturated rings. The highest BCUT2D eigenvalue weighted by atomic mass is 32.1. The molecule has 0 bridgehead atoms. The van der Waals surface area contributed by atoms with Gasteiger partial charge in [0.05, 0.1) is 19.3 Å². The molecule has 0 aliphatic carbocycles. The number of hydrogen-bond donors (Lipinski definition) is 2. The highest BCUT2D eigenvalue weighted by molar-refractivity contribution is 7.09. The lowest BCUT2D eigenvalue weighted by molar-refractivity contribution is -0.117. The number of piperazine rings is 1. The average molecular weight is 376 g/mol. The van der Waals surface area contributed by atoms with Crippen LogP contribution in [0.4, 0.5) is 10.6 Å². The van der Waals surface area contributed by atoms with Gasteiger partial charge >= 0.3 is 6.03 Å². The van der Waals surface area contributed by atoms with E-state index in [0.717, 1.165) is 0 Å². The van der Waals surface area contributed by atoms with Crippen LogP contribution in [0.1, 0.15) is 11.8 Å². The van der Waals surface area contributed by atoms with Crippen LogP contribution in [0.15, 0.2) is 29.8 Å². The van der Waals surface area contributed by atoms with Gasteiger partial charge in [-0.3, -0.25) is 9.69 Å². The Kier molecular flexibility index (Phi) is 6.24. The molecule has 0 aromatic carbocycles. The molecule has 1 aliphatic heterocycles. The van der Waals surface area contributed by atoms with Crippen LogP contribution in [0.5, 0.6) is 0 Å². The third-order valence-corrected chi connectivity index (χ3v) is 5.09. The monoisotopic (exact) mass is 376 g/mol. The number of rotatable bonds is 6. The summed E-state index contributed by atoms with van der Waals surface area (Å²) in [4.78, 5) is 29.2. The number of urea groups is 1. The topological polar surface area (TPSA) is 82.5 Å². The fraction of sp³-hybridized carbons (Fsp3) is 0.471.